The Bertz CT molecular complexity index is 611. The predicted octanol–water partition coefficient (Wildman–Crippen LogP) is 5.79. The van der Waals surface area contributed by atoms with Crippen molar-refractivity contribution in [1.29, 1.82) is 0 Å². The van der Waals surface area contributed by atoms with E-state index in [0.717, 1.165) is 36.5 Å². The van der Waals surface area contributed by atoms with Gasteiger partial charge in [0.15, 0.2) is 0 Å². The molecule has 20 heavy (non-hydrogen) atoms. The summed E-state index contributed by atoms with van der Waals surface area (Å²) in [4.78, 5) is 0. The zero-order chi connectivity index (χ0) is 14.7. The van der Waals surface area contributed by atoms with E-state index >= 15 is 0 Å². The van der Waals surface area contributed by atoms with E-state index in [1.807, 2.05) is 37.3 Å². The van der Waals surface area contributed by atoms with Crippen molar-refractivity contribution in [3.8, 4) is 5.75 Å². The Kier molecular flexibility index (Phi) is 5.35. The van der Waals surface area contributed by atoms with Crippen molar-refractivity contribution in [3.05, 3.63) is 55.4 Å². The van der Waals surface area contributed by atoms with E-state index in [2.05, 4.69) is 37.2 Å². The third kappa shape index (κ3) is 3.48. The maximum Gasteiger partial charge on any atom is 0.138 e. The van der Waals surface area contributed by atoms with Crippen molar-refractivity contribution in [1.82, 2.24) is 0 Å². The number of methoxy groups -OCH3 is 1. The highest BCUT2D eigenvalue weighted by Crippen LogP contribution is 2.34. The van der Waals surface area contributed by atoms with E-state index in [0.29, 0.717) is 6.54 Å². The molecule has 0 fully saturated rings. The molecule has 0 heterocycles. The molecule has 0 amide bonds. The van der Waals surface area contributed by atoms with Gasteiger partial charge in [-0.1, -0.05) is 39.7 Å². The first-order valence-corrected chi connectivity index (χ1v) is 8.00. The van der Waals surface area contributed by atoms with E-state index in [9.17, 15) is 0 Å². The van der Waals surface area contributed by atoms with Gasteiger partial charge in [-0.05, 0) is 46.6 Å². The van der Waals surface area contributed by atoms with Gasteiger partial charge in [0.2, 0.25) is 0 Å². The molecule has 2 aromatic carbocycles. The topological polar surface area (TPSA) is 21.3 Å². The van der Waals surface area contributed by atoms with Gasteiger partial charge in [0.25, 0.3) is 0 Å². The molecule has 0 unspecified atom stereocenters. The summed E-state index contributed by atoms with van der Waals surface area (Å²) >= 11 is 13.2. The quantitative estimate of drug-likeness (QED) is 0.677. The van der Waals surface area contributed by atoms with Crippen LogP contribution in [0.25, 0.3) is 0 Å². The molecule has 0 radical (unpaired) electrons. The summed E-state index contributed by atoms with van der Waals surface area (Å²) in [5, 5.41) is 4.09. The Morgan fingerprint density at radius 3 is 2.65 bits per heavy atom. The lowest BCUT2D eigenvalue weighted by molar-refractivity contribution is 0.407. The number of para-hydroxylation sites is 1. The number of rotatable bonds is 4. The molecule has 1 N–H and O–H groups in total. The zero-order valence-electron chi connectivity index (χ0n) is 11.1. The Balaban J connectivity index is 2.27. The summed E-state index contributed by atoms with van der Waals surface area (Å²) in [6.45, 7) is 2.66. The minimum atomic E-state index is 0.631. The van der Waals surface area contributed by atoms with Crippen LogP contribution >= 0.6 is 43.5 Å². The summed E-state index contributed by atoms with van der Waals surface area (Å²) < 4.78 is 7.36. The van der Waals surface area contributed by atoms with Crippen molar-refractivity contribution in [2.75, 3.05) is 12.4 Å². The van der Waals surface area contributed by atoms with Crippen molar-refractivity contribution in [2.45, 2.75) is 13.5 Å². The van der Waals surface area contributed by atoms with Gasteiger partial charge in [-0.2, -0.15) is 0 Å². The predicted molar refractivity (Wildman–Crippen MR) is 91.9 cm³/mol. The average molecular weight is 420 g/mol. The average Bonchev–Trinajstić information content (AvgIpc) is 2.37. The van der Waals surface area contributed by atoms with Crippen molar-refractivity contribution in [2.24, 2.45) is 0 Å². The largest absolute Gasteiger partial charge is 0.495 e. The van der Waals surface area contributed by atoms with Crippen molar-refractivity contribution in [3.63, 3.8) is 0 Å². The molecule has 0 bridgehead atoms. The molecule has 0 aromatic heterocycles. The van der Waals surface area contributed by atoms with Gasteiger partial charge in [-0.15, -0.1) is 0 Å². The number of anilines is 1. The molecule has 2 rings (SSSR count). The highest BCUT2D eigenvalue weighted by atomic mass is 79.9. The van der Waals surface area contributed by atoms with Gasteiger partial charge in [0.05, 0.1) is 22.3 Å². The number of ether oxygens (including phenoxy) is 1. The smallest absolute Gasteiger partial charge is 0.138 e. The Morgan fingerprint density at radius 1 is 1.25 bits per heavy atom. The second kappa shape index (κ2) is 6.83. The fourth-order valence-corrected chi connectivity index (χ4v) is 3.78. The van der Waals surface area contributed by atoms with Gasteiger partial charge in [0.1, 0.15) is 5.75 Å². The lowest BCUT2D eigenvalue weighted by atomic mass is 10.1. The fourth-order valence-electron chi connectivity index (χ4n) is 2.01. The van der Waals surface area contributed by atoms with Crippen LogP contribution in [0.3, 0.4) is 0 Å². The molecule has 0 aliphatic rings. The molecule has 2 aromatic rings. The zero-order valence-corrected chi connectivity index (χ0v) is 15.1. The van der Waals surface area contributed by atoms with Crippen LogP contribution in [0.2, 0.25) is 5.02 Å². The number of halogens is 3. The molecule has 0 atom stereocenters. The Morgan fingerprint density at radius 2 is 2.00 bits per heavy atom. The molecule has 2 nitrogen and oxygen atoms in total. The van der Waals surface area contributed by atoms with Crippen molar-refractivity contribution < 1.29 is 4.74 Å². The number of aryl methyl sites for hydroxylation is 1. The van der Waals surface area contributed by atoms with Crippen LogP contribution in [0.1, 0.15) is 11.1 Å². The maximum atomic E-state index is 6.22. The molecular weight excluding hydrogens is 405 g/mol. The van der Waals surface area contributed by atoms with Crippen LogP contribution in [0.4, 0.5) is 5.69 Å². The van der Waals surface area contributed by atoms with E-state index in [1.54, 1.807) is 7.11 Å². The second-order valence-electron chi connectivity index (χ2n) is 4.37. The lowest BCUT2D eigenvalue weighted by Gasteiger charge is -2.15. The van der Waals surface area contributed by atoms with Crippen LogP contribution in [0, 0.1) is 6.92 Å². The van der Waals surface area contributed by atoms with Crippen LogP contribution < -0.4 is 10.1 Å². The Labute approximate surface area is 140 Å². The summed E-state index contributed by atoms with van der Waals surface area (Å²) in [5.74, 6) is 0.824. The SMILES string of the molecule is COc1c(Br)cc(Br)cc1CNc1c(C)cccc1Cl. The van der Waals surface area contributed by atoms with E-state index in [4.69, 9.17) is 16.3 Å². The molecule has 0 saturated heterocycles. The van der Waals surface area contributed by atoms with Gasteiger partial charge in [-0.25, -0.2) is 0 Å². The molecule has 5 heteroatoms. The summed E-state index contributed by atoms with van der Waals surface area (Å²) in [6.07, 6.45) is 0. The van der Waals surface area contributed by atoms with Gasteiger partial charge in [0, 0.05) is 16.6 Å². The Hall–Kier alpha value is -0.710. The van der Waals surface area contributed by atoms with Crippen LogP contribution in [0.15, 0.2) is 39.3 Å². The number of hydrogen-bond donors (Lipinski definition) is 1. The first-order chi connectivity index (χ1) is 9.52. The lowest BCUT2D eigenvalue weighted by Crippen LogP contribution is -2.04. The highest BCUT2D eigenvalue weighted by molar-refractivity contribution is 9.11. The van der Waals surface area contributed by atoms with Crippen LogP contribution in [0.5, 0.6) is 5.75 Å². The molecule has 106 valence electrons. The molecule has 0 spiro atoms. The molecular formula is C15H14Br2ClNO. The van der Waals surface area contributed by atoms with Gasteiger partial charge >= 0.3 is 0 Å². The fraction of sp³-hybridized carbons (Fsp3) is 0.200. The third-order valence-electron chi connectivity index (χ3n) is 2.97. The molecule has 0 saturated carbocycles. The summed E-state index contributed by atoms with van der Waals surface area (Å²) in [7, 11) is 1.66. The number of benzene rings is 2. The first-order valence-electron chi connectivity index (χ1n) is 6.04. The summed E-state index contributed by atoms with van der Waals surface area (Å²) in [5.41, 5.74) is 3.12. The van der Waals surface area contributed by atoms with E-state index < -0.39 is 0 Å². The standard InChI is InChI=1S/C15H14Br2ClNO/c1-9-4-3-5-13(18)14(9)19-8-10-6-11(16)7-12(17)15(10)20-2/h3-7,19H,8H2,1-2H3. The second-order valence-corrected chi connectivity index (χ2v) is 6.54. The molecule has 0 aliphatic heterocycles. The van der Waals surface area contributed by atoms with Crippen molar-refractivity contribution >= 4 is 49.1 Å². The molecule has 0 aliphatic carbocycles. The van der Waals surface area contributed by atoms with E-state index in [-0.39, 0.29) is 0 Å². The van der Waals surface area contributed by atoms with Gasteiger partial charge < -0.3 is 10.1 Å². The third-order valence-corrected chi connectivity index (χ3v) is 4.33. The van der Waals surface area contributed by atoms with Crippen LogP contribution in [-0.2, 0) is 6.54 Å². The minimum Gasteiger partial charge on any atom is -0.495 e. The first kappa shape index (κ1) is 15.7. The number of nitrogens with one attached hydrogen (secondary N) is 1. The highest BCUT2D eigenvalue weighted by Gasteiger charge is 2.10. The van der Waals surface area contributed by atoms with E-state index in [1.165, 1.54) is 0 Å². The van der Waals surface area contributed by atoms with Gasteiger partial charge in [-0.3, -0.25) is 0 Å². The normalized spacial score (nSPS) is 10.4. The number of hydrogen-bond acceptors (Lipinski definition) is 2. The monoisotopic (exact) mass is 417 g/mol. The minimum absolute atomic E-state index is 0.631. The maximum absolute atomic E-state index is 6.22. The summed E-state index contributed by atoms with van der Waals surface area (Å²) in [6, 6.07) is 9.85. The van der Waals surface area contributed by atoms with Crippen LogP contribution in [-0.4, -0.2) is 7.11 Å².